The van der Waals surface area contributed by atoms with E-state index < -0.39 is 5.92 Å². The van der Waals surface area contributed by atoms with E-state index in [1.807, 2.05) is 24.3 Å². The number of fused-ring (bicyclic) bond motifs is 1. The predicted octanol–water partition coefficient (Wildman–Crippen LogP) is 4.28. The van der Waals surface area contributed by atoms with E-state index in [4.69, 9.17) is 17.0 Å². The Hall–Kier alpha value is -2.74. The number of benzene rings is 2. The Balaban J connectivity index is 1.37. The second-order valence-corrected chi connectivity index (χ2v) is 7.94. The fraction of sp³-hybridized carbons (Fsp3) is 0.364. The molecule has 0 radical (unpaired) electrons. The molecule has 2 heterocycles. The number of nitrogens with one attached hydrogen (secondary N) is 1. The van der Waals surface area contributed by atoms with Gasteiger partial charge in [0.15, 0.2) is 5.11 Å². The third-order valence-corrected chi connectivity index (χ3v) is 5.80. The highest BCUT2D eigenvalue weighted by atomic mass is 32.1. The molecule has 0 amide bonds. The van der Waals surface area contributed by atoms with Gasteiger partial charge in [-0.05, 0) is 48.1 Å². The number of alkyl halides is 2. The van der Waals surface area contributed by atoms with E-state index in [1.54, 1.807) is 19.2 Å². The minimum atomic E-state index is -2.84. The third kappa shape index (κ3) is 4.38. The zero-order chi connectivity index (χ0) is 21.3. The van der Waals surface area contributed by atoms with E-state index in [1.165, 1.54) is 6.07 Å². The first-order valence-corrected chi connectivity index (χ1v) is 10.3. The van der Waals surface area contributed by atoms with E-state index in [0.717, 1.165) is 35.4 Å². The molecular weight excluding hydrogens is 406 g/mol. The molecular formula is C22H24F2N4OS. The molecule has 0 atom stereocenters. The van der Waals surface area contributed by atoms with Crippen LogP contribution in [0.1, 0.15) is 18.1 Å². The van der Waals surface area contributed by atoms with Crippen molar-refractivity contribution >= 4 is 34.5 Å². The number of hydrogen-bond donors (Lipinski definition) is 1. The smallest absolute Gasteiger partial charge is 0.270 e. The lowest BCUT2D eigenvalue weighted by Crippen LogP contribution is -2.48. The van der Waals surface area contributed by atoms with Crippen molar-refractivity contribution in [2.75, 3.05) is 43.5 Å². The number of ether oxygens (including phenoxy) is 1. The molecule has 0 spiro atoms. The van der Waals surface area contributed by atoms with Gasteiger partial charge in [0.25, 0.3) is 5.92 Å². The van der Waals surface area contributed by atoms with Gasteiger partial charge in [-0.3, -0.25) is 0 Å². The number of anilines is 2. The number of rotatable bonds is 3. The Morgan fingerprint density at radius 1 is 1.13 bits per heavy atom. The summed E-state index contributed by atoms with van der Waals surface area (Å²) in [6.07, 6.45) is 0.685. The highest BCUT2D eigenvalue weighted by Gasteiger charge is 2.26. The van der Waals surface area contributed by atoms with Crippen molar-refractivity contribution in [2.24, 2.45) is 4.99 Å². The molecule has 1 fully saturated rings. The maximum absolute atomic E-state index is 13.6. The molecule has 5 nitrogen and oxygen atoms in total. The normalized spacial score (nSPS) is 17.7. The first-order valence-electron chi connectivity index (χ1n) is 9.87. The lowest BCUT2D eigenvalue weighted by molar-refractivity contribution is 0.0175. The Morgan fingerprint density at radius 2 is 1.90 bits per heavy atom. The van der Waals surface area contributed by atoms with Gasteiger partial charge in [-0.15, -0.1) is 0 Å². The molecule has 1 N–H and O–H groups in total. The van der Waals surface area contributed by atoms with E-state index >= 15 is 0 Å². The Morgan fingerprint density at radius 3 is 2.60 bits per heavy atom. The topological polar surface area (TPSA) is 40.1 Å². The number of aliphatic imine (C=N–C) groups is 1. The number of nitrogens with zero attached hydrogens (tertiary/aromatic N) is 3. The molecule has 4 rings (SSSR count). The fourth-order valence-corrected chi connectivity index (χ4v) is 4.02. The molecule has 0 aromatic heterocycles. The second kappa shape index (κ2) is 8.18. The van der Waals surface area contributed by atoms with Crippen LogP contribution >= 0.6 is 12.2 Å². The first kappa shape index (κ1) is 20.5. The maximum atomic E-state index is 13.6. The Kier molecular flexibility index (Phi) is 5.60. The SMILES string of the molecule is COc1ccc2c(c1)CC(=NC(=S)N1CCN(c3cccc(C(C)(F)F)c3)CC1)N2. The number of thiocarbonyl (C=S) groups is 1. The predicted molar refractivity (Wildman–Crippen MR) is 120 cm³/mol. The highest BCUT2D eigenvalue weighted by Crippen LogP contribution is 2.30. The lowest BCUT2D eigenvalue weighted by Gasteiger charge is -2.36. The van der Waals surface area contributed by atoms with Crippen LogP contribution < -0.4 is 15.0 Å². The Bertz CT molecular complexity index is 981. The van der Waals surface area contributed by atoms with E-state index in [-0.39, 0.29) is 5.56 Å². The van der Waals surface area contributed by atoms with Crippen molar-refractivity contribution in [2.45, 2.75) is 19.3 Å². The number of methoxy groups -OCH3 is 1. The maximum Gasteiger partial charge on any atom is 0.270 e. The summed E-state index contributed by atoms with van der Waals surface area (Å²) in [5, 5.41) is 3.86. The molecule has 2 aromatic carbocycles. The molecule has 0 unspecified atom stereocenters. The zero-order valence-corrected chi connectivity index (χ0v) is 17.8. The zero-order valence-electron chi connectivity index (χ0n) is 17.0. The lowest BCUT2D eigenvalue weighted by atomic mass is 10.1. The van der Waals surface area contributed by atoms with Crippen LogP contribution in [-0.4, -0.2) is 49.1 Å². The summed E-state index contributed by atoms with van der Waals surface area (Å²) in [4.78, 5) is 8.78. The van der Waals surface area contributed by atoms with Crippen LogP contribution in [0.3, 0.4) is 0 Å². The average Bonchev–Trinajstić information content (AvgIpc) is 3.14. The highest BCUT2D eigenvalue weighted by molar-refractivity contribution is 7.80. The summed E-state index contributed by atoms with van der Waals surface area (Å²) in [6.45, 7) is 3.72. The van der Waals surface area contributed by atoms with E-state index in [2.05, 4.69) is 20.1 Å². The number of amidine groups is 1. The van der Waals surface area contributed by atoms with Crippen molar-refractivity contribution in [1.29, 1.82) is 0 Å². The number of hydrogen-bond acceptors (Lipinski definition) is 3. The minimum Gasteiger partial charge on any atom is -0.497 e. The fourth-order valence-electron chi connectivity index (χ4n) is 3.73. The van der Waals surface area contributed by atoms with Crippen molar-refractivity contribution < 1.29 is 13.5 Å². The van der Waals surface area contributed by atoms with Crippen molar-refractivity contribution in [1.82, 2.24) is 4.90 Å². The minimum absolute atomic E-state index is 0.0351. The van der Waals surface area contributed by atoms with Crippen LogP contribution in [0.5, 0.6) is 5.75 Å². The van der Waals surface area contributed by atoms with E-state index in [0.29, 0.717) is 37.7 Å². The van der Waals surface area contributed by atoms with Crippen molar-refractivity contribution in [3.05, 3.63) is 53.6 Å². The monoisotopic (exact) mass is 430 g/mol. The summed E-state index contributed by atoms with van der Waals surface area (Å²) >= 11 is 5.55. The van der Waals surface area contributed by atoms with Crippen LogP contribution in [0.15, 0.2) is 47.5 Å². The molecule has 2 aliphatic rings. The Labute approximate surface area is 180 Å². The van der Waals surface area contributed by atoms with Crippen LogP contribution in [0.25, 0.3) is 0 Å². The van der Waals surface area contributed by atoms with Gasteiger partial charge < -0.3 is 19.9 Å². The summed E-state index contributed by atoms with van der Waals surface area (Å²) in [5.41, 5.74) is 3.00. The first-order chi connectivity index (χ1) is 14.3. The standard InChI is InChI=1S/C22H24F2N4OS/c1-22(23,24)16-4-3-5-17(14-16)27-8-10-28(11-9-27)21(30)26-20-13-15-12-18(29-2)6-7-19(15)25-20/h3-7,12,14H,8-11,13H2,1-2H3,(H,25,26,30). The van der Waals surface area contributed by atoms with Crippen LogP contribution in [0.4, 0.5) is 20.2 Å². The largest absolute Gasteiger partial charge is 0.497 e. The quantitative estimate of drug-likeness (QED) is 0.736. The number of piperazine rings is 1. The van der Waals surface area contributed by atoms with Gasteiger partial charge in [0.2, 0.25) is 0 Å². The molecule has 0 aliphatic carbocycles. The third-order valence-electron chi connectivity index (χ3n) is 5.45. The second-order valence-electron chi connectivity index (χ2n) is 7.58. The van der Waals surface area contributed by atoms with Crippen LogP contribution in [-0.2, 0) is 12.3 Å². The molecule has 8 heteroatoms. The van der Waals surface area contributed by atoms with Gasteiger partial charge in [-0.25, -0.2) is 13.8 Å². The van der Waals surface area contributed by atoms with Crippen molar-refractivity contribution in [3.8, 4) is 5.75 Å². The van der Waals surface area contributed by atoms with Crippen LogP contribution in [0, 0.1) is 0 Å². The molecule has 0 bridgehead atoms. The van der Waals surface area contributed by atoms with Crippen LogP contribution in [0.2, 0.25) is 0 Å². The van der Waals surface area contributed by atoms with Gasteiger partial charge >= 0.3 is 0 Å². The van der Waals surface area contributed by atoms with Gasteiger partial charge in [-0.2, -0.15) is 0 Å². The van der Waals surface area contributed by atoms with Gasteiger partial charge in [0, 0.05) is 56.5 Å². The van der Waals surface area contributed by atoms with Crippen molar-refractivity contribution in [3.63, 3.8) is 0 Å². The number of halogens is 2. The molecule has 30 heavy (non-hydrogen) atoms. The van der Waals surface area contributed by atoms with Gasteiger partial charge in [-0.1, -0.05) is 12.1 Å². The summed E-state index contributed by atoms with van der Waals surface area (Å²) < 4.78 is 32.5. The molecule has 2 aliphatic heterocycles. The van der Waals surface area contributed by atoms with Gasteiger partial charge in [0.05, 0.1) is 7.11 Å². The molecule has 158 valence electrons. The molecule has 0 saturated carbocycles. The molecule has 2 aromatic rings. The molecule has 1 saturated heterocycles. The average molecular weight is 431 g/mol. The summed E-state index contributed by atoms with van der Waals surface area (Å²) in [7, 11) is 1.65. The van der Waals surface area contributed by atoms with E-state index in [9.17, 15) is 8.78 Å². The summed E-state index contributed by atoms with van der Waals surface area (Å²) in [5.74, 6) is -1.20. The van der Waals surface area contributed by atoms with Gasteiger partial charge in [0.1, 0.15) is 11.6 Å². The summed E-state index contributed by atoms with van der Waals surface area (Å²) in [6, 6.07) is 12.5.